The normalized spacial score (nSPS) is 14.7. The number of piperazine rings is 1. The zero-order valence-electron chi connectivity index (χ0n) is 16.2. The van der Waals surface area contributed by atoms with E-state index in [2.05, 4.69) is 20.2 Å². The number of aryl methyl sites for hydroxylation is 1. The van der Waals surface area contributed by atoms with Crippen LogP contribution in [0.25, 0.3) is 0 Å². The second-order valence-electron chi connectivity index (χ2n) is 6.93. The monoisotopic (exact) mass is 425 g/mol. The standard InChI is InChI=1S/C21H23N5OS2/c1-16-15-28-21(23-16)29-19-4-2-18(3-5-19)24-20(27)26-12-10-25(11-13-26)14-17-6-8-22-9-7-17/h2-9,15H,10-14H2,1H3,(H,24,27). The van der Waals surface area contributed by atoms with Gasteiger partial charge in [-0.2, -0.15) is 0 Å². The first-order chi connectivity index (χ1) is 14.2. The van der Waals surface area contributed by atoms with E-state index in [1.54, 1.807) is 23.1 Å². The van der Waals surface area contributed by atoms with Crippen LogP contribution in [-0.2, 0) is 6.54 Å². The number of aromatic nitrogens is 2. The van der Waals surface area contributed by atoms with E-state index in [0.717, 1.165) is 53.3 Å². The van der Waals surface area contributed by atoms with Crippen LogP contribution in [0, 0.1) is 6.92 Å². The molecule has 1 fully saturated rings. The first kappa shape index (κ1) is 19.9. The van der Waals surface area contributed by atoms with Crippen LogP contribution < -0.4 is 5.32 Å². The lowest BCUT2D eigenvalue weighted by Crippen LogP contribution is -2.49. The maximum atomic E-state index is 12.6. The van der Waals surface area contributed by atoms with Gasteiger partial charge < -0.3 is 10.2 Å². The summed E-state index contributed by atoms with van der Waals surface area (Å²) in [4.78, 5) is 26.5. The largest absolute Gasteiger partial charge is 0.322 e. The van der Waals surface area contributed by atoms with Crippen molar-refractivity contribution < 1.29 is 4.79 Å². The summed E-state index contributed by atoms with van der Waals surface area (Å²) in [5, 5.41) is 5.06. The number of anilines is 1. The Morgan fingerprint density at radius 1 is 1.10 bits per heavy atom. The molecule has 4 rings (SSSR count). The van der Waals surface area contributed by atoms with Crippen LogP contribution in [0.2, 0.25) is 0 Å². The first-order valence-electron chi connectivity index (χ1n) is 9.53. The van der Waals surface area contributed by atoms with Crippen LogP contribution in [0.1, 0.15) is 11.3 Å². The highest BCUT2D eigenvalue weighted by Gasteiger charge is 2.21. The van der Waals surface area contributed by atoms with E-state index in [1.807, 2.05) is 66.0 Å². The minimum absolute atomic E-state index is 0.0375. The lowest BCUT2D eigenvalue weighted by Gasteiger charge is -2.34. The van der Waals surface area contributed by atoms with Crippen molar-refractivity contribution >= 4 is 34.8 Å². The molecular formula is C21H23N5OS2. The van der Waals surface area contributed by atoms with Gasteiger partial charge in [0.25, 0.3) is 0 Å². The number of nitrogens with zero attached hydrogens (tertiary/aromatic N) is 4. The number of carbonyl (C=O) groups is 1. The van der Waals surface area contributed by atoms with Crippen LogP contribution >= 0.6 is 23.1 Å². The fourth-order valence-electron chi connectivity index (χ4n) is 3.14. The number of thiazole rings is 1. The maximum Gasteiger partial charge on any atom is 0.321 e. The third kappa shape index (κ3) is 5.56. The highest BCUT2D eigenvalue weighted by molar-refractivity contribution is 8.01. The molecule has 1 saturated heterocycles. The number of carbonyl (C=O) groups excluding carboxylic acids is 1. The van der Waals surface area contributed by atoms with Crippen molar-refractivity contribution in [1.29, 1.82) is 0 Å². The summed E-state index contributed by atoms with van der Waals surface area (Å²) in [6.45, 7) is 6.10. The molecule has 0 unspecified atom stereocenters. The fourth-order valence-corrected chi connectivity index (χ4v) is 4.95. The Hall–Kier alpha value is -2.42. The number of nitrogens with one attached hydrogen (secondary N) is 1. The van der Waals surface area contributed by atoms with Gasteiger partial charge >= 0.3 is 6.03 Å². The molecular weight excluding hydrogens is 402 g/mol. The second kappa shape index (κ2) is 9.39. The summed E-state index contributed by atoms with van der Waals surface area (Å²) >= 11 is 3.29. The fraction of sp³-hybridized carbons (Fsp3) is 0.286. The average Bonchev–Trinajstić information content (AvgIpc) is 3.15. The molecule has 3 aromatic rings. The number of hydrogen-bond donors (Lipinski definition) is 1. The minimum atomic E-state index is -0.0375. The minimum Gasteiger partial charge on any atom is -0.322 e. The van der Waals surface area contributed by atoms with Crippen molar-refractivity contribution in [2.24, 2.45) is 0 Å². The van der Waals surface area contributed by atoms with Crippen LogP contribution in [0.5, 0.6) is 0 Å². The summed E-state index contributed by atoms with van der Waals surface area (Å²) in [6, 6.07) is 12.0. The number of urea groups is 1. The molecule has 0 aliphatic carbocycles. The van der Waals surface area contributed by atoms with Crippen molar-refractivity contribution in [2.45, 2.75) is 22.7 Å². The molecule has 0 radical (unpaired) electrons. The number of amides is 2. The number of pyridine rings is 1. The van der Waals surface area contributed by atoms with Crippen LogP contribution in [-0.4, -0.2) is 52.0 Å². The van der Waals surface area contributed by atoms with Crippen LogP contribution in [0.3, 0.4) is 0 Å². The zero-order chi connectivity index (χ0) is 20.1. The predicted octanol–water partition coefficient (Wildman–Crippen LogP) is 4.35. The first-order valence-corrected chi connectivity index (χ1v) is 11.2. The highest BCUT2D eigenvalue weighted by Crippen LogP contribution is 2.30. The Morgan fingerprint density at radius 2 is 1.83 bits per heavy atom. The molecule has 0 saturated carbocycles. The SMILES string of the molecule is Cc1csc(Sc2ccc(NC(=O)N3CCN(Cc4ccncc4)CC3)cc2)n1. The molecule has 0 bridgehead atoms. The van der Waals surface area contributed by atoms with Crippen molar-refractivity contribution in [2.75, 3.05) is 31.5 Å². The highest BCUT2D eigenvalue weighted by atomic mass is 32.2. The Bertz CT molecular complexity index is 937. The van der Waals surface area contributed by atoms with Crippen LogP contribution in [0.4, 0.5) is 10.5 Å². The van der Waals surface area contributed by atoms with Gasteiger partial charge in [-0.25, -0.2) is 9.78 Å². The summed E-state index contributed by atoms with van der Waals surface area (Å²) in [5.41, 5.74) is 3.11. The van der Waals surface area contributed by atoms with Crippen molar-refractivity contribution in [3.63, 3.8) is 0 Å². The molecule has 150 valence electrons. The van der Waals surface area contributed by atoms with Crippen molar-refractivity contribution in [1.82, 2.24) is 19.8 Å². The zero-order valence-corrected chi connectivity index (χ0v) is 17.9. The summed E-state index contributed by atoms with van der Waals surface area (Å²) < 4.78 is 1.03. The van der Waals surface area contributed by atoms with Crippen molar-refractivity contribution in [3.8, 4) is 0 Å². The van der Waals surface area contributed by atoms with Gasteiger partial charge in [0, 0.05) is 66.8 Å². The van der Waals surface area contributed by atoms with E-state index < -0.39 is 0 Å². The molecule has 8 heteroatoms. The maximum absolute atomic E-state index is 12.6. The molecule has 29 heavy (non-hydrogen) atoms. The lowest BCUT2D eigenvalue weighted by atomic mass is 10.2. The molecule has 2 aromatic heterocycles. The summed E-state index contributed by atoms with van der Waals surface area (Å²) in [7, 11) is 0. The molecule has 2 amide bonds. The van der Waals surface area contributed by atoms with E-state index >= 15 is 0 Å². The molecule has 3 heterocycles. The Labute approximate surface area is 179 Å². The molecule has 1 aromatic carbocycles. The van der Waals surface area contributed by atoms with Gasteiger partial charge in [0.05, 0.1) is 0 Å². The third-order valence-corrected chi connectivity index (χ3v) is 6.79. The number of benzene rings is 1. The Balaban J connectivity index is 1.25. The molecule has 0 spiro atoms. The number of hydrogen-bond acceptors (Lipinski definition) is 6. The van der Waals surface area contributed by atoms with Gasteiger partial charge in [0.2, 0.25) is 0 Å². The molecule has 1 N–H and O–H groups in total. The summed E-state index contributed by atoms with van der Waals surface area (Å²) in [6.07, 6.45) is 3.64. The number of rotatable bonds is 5. The predicted molar refractivity (Wildman–Crippen MR) is 118 cm³/mol. The lowest BCUT2D eigenvalue weighted by molar-refractivity contribution is 0.143. The summed E-state index contributed by atoms with van der Waals surface area (Å²) in [5.74, 6) is 0. The molecule has 6 nitrogen and oxygen atoms in total. The smallest absolute Gasteiger partial charge is 0.321 e. The third-order valence-electron chi connectivity index (χ3n) is 4.72. The van der Waals surface area contributed by atoms with Gasteiger partial charge in [-0.15, -0.1) is 11.3 Å². The van der Waals surface area contributed by atoms with E-state index in [0.29, 0.717) is 0 Å². The average molecular weight is 426 g/mol. The molecule has 1 aliphatic heterocycles. The molecule has 0 atom stereocenters. The molecule has 1 aliphatic rings. The van der Waals surface area contributed by atoms with Crippen molar-refractivity contribution in [3.05, 3.63) is 65.4 Å². The van der Waals surface area contributed by atoms with Gasteiger partial charge in [0.1, 0.15) is 0 Å². The second-order valence-corrected chi connectivity index (χ2v) is 9.11. The topological polar surface area (TPSA) is 61.4 Å². The van der Waals surface area contributed by atoms with E-state index in [1.165, 1.54) is 5.56 Å². The van der Waals surface area contributed by atoms with E-state index in [4.69, 9.17) is 0 Å². The van der Waals surface area contributed by atoms with Gasteiger partial charge in [-0.1, -0.05) is 11.8 Å². The van der Waals surface area contributed by atoms with Gasteiger partial charge in [-0.3, -0.25) is 9.88 Å². The van der Waals surface area contributed by atoms with Crippen LogP contribution in [0.15, 0.2) is 63.4 Å². The van der Waals surface area contributed by atoms with E-state index in [-0.39, 0.29) is 6.03 Å². The quantitative estimate of drug-likeness (QED) is 0.659. The van der Waals surface area contributed by atoms with E-state index in [9.17, 15) is 4.79 Å². The Kier molecular flexibility index (Phi) is 6.43. The van der Waals surface area contributed by atoms with Gasteiger partial charge in [-0.05, 0) is 48.9 Å². The van der Waals surface area contributed by atoms with Gasteiger partial charge in [0.15, 0.2) is 4.34 Å². The Morgan fingerprint density at radius 3 is 2.48 bits per heavy atom.